The van der Waals surface area contributed by atoms with Crippen LogP contribution in [0, 0.1) is 0 Å². The van der Waals surface area contributed by atoms with Crippen LogP contribution in [0.15, 0.2) is 72.8 Å². The zero-order chi connectivity index (χ0) is 16.3. The smallest absolute Gasteiger partial charge is 0.361 e. The number of benzene rings is 3. The Morgan fingerprint density at radius 2 is 1.57 bits per heavy atom. The van der Waals surface area contributed by atoms with Crippen molar-refractivity contribution in [3.8, 4) is 0 Å². The van der Waals surface area contributed by atoms with Gasteiger partial charge in [0.15, 0.2) is 5.85 Å². The third-order valence-corrected chi connectivity index (χ3v) is 5.06. The molecule has 23 heavy (non-hydrogen) atoms. The van der Waals surface area contributed by atoms with E-state index in [1.807, 2.05) is 48.5 Å². The molecule has 0 aliphatic heterocycles. The number of rotatable bonds is 5. The fraction of sp³-hybridized carbons (Fsp3) is 0.111. The molecule has 0 saturated heterocycles. The third kappa shape index (κ3) is 3.69. The number of aliphatic hydroxyl groups is 1. The molecule has 2 unspecified atom stereocenters. The summed E-state index contributed by atoms with van der Waals surface area (Å²) in [5.41, 5.74) is 1.13. The third-order valence-electron chi connectivity index (χ3n) is 3.64. The van der Waals surface area contributed by atoms with E-state index in [0.717, 1.165) is 16.3 Å². The van der Waals surface area contributed by atoms with Gasteiger partial charge < -0.3 is 14.5 Å². The summed E-state index contributed by atoms with van der Waals surface area (Å²) in [6.07, 6.45) is 0. The monoisotopic (exact) mass is 328 g/mol. The summed E-state index contributed by atoms with van der Waals surface area (Å²) in [4.78, 5) is 10.1. The Morgan fingerprint density at radius 3 is 2.30 bits per heavy atom. The van der Waals surface area contributed by atoms with E-state index in [0.29, 0.717) is 5.56 Å². The fourth-order valence-corrected chi connectivity index (χ4v) is 3.38. The summed E-state index contributed by atoms with van der Waals surface area (Å²) in [5, 5.41) is 12.1. The van der Waals surface area contributed by atoms with Crippen molar-refractivity contribution in [2.45, 2.75) is 12.5 Å². The van der Waals surface area contributed by atoms with Crippen LogP contribution < -0.4 is 0 Å². The first-order valence-corrected chi connectivity index (χ1v) is 8.89. The van der Waals surface area contributed by atoms with Gasteiger partial charge in [0.1, 0.15) is 0 Å². The van der Waals surface area contributed by atoms with Crippen LogP contribution in [0.5, 0.6) is 0 Å². The summed E-state index contributed by atoms with van der Waals surface area (Å²) < 4.78 is 17.4. The van der Waals surface area contributed by atoms with E-state index in [1.165, 1.54) is 0 Å². The maximum absolute atomic E-state index is 12.3. The van der Waals surface area contributed by atoms with Gasteiger partial charge in [0.05, 0.1) is 6.61 Å². The predicted octanol–water partition coefficient (Wildman–Crippen LogP) is 4.23. The number of fused-ring (bicyclic) bond motifs is 1. The molecule has 0 saturated carbocycles. The van der Waals surface area contributed by atoms with Gasteiger partial charge in [0, 0.05) is 0 Å². The minimum atomic E-state index is -4.19. The molecular formula is C18H17O4P. The highest BCUT2D eigenvalue weighted by atomic mass is 31.2. The molecule has 0 radical (unpaired) electrons. The average Bonchev–Trinajstić information content (AvgIpc) is 2.60. The summed E-state index contributed by atoms with van der Waals surface area (Å²) in [6.45, 7) is -0.0285. The highest BCUT2D eigenvalue weighted by Crippen LogP contribution is 2.55. The first-order valence-electron chi connectivity index (χ1n) is 7.24. The van der Waals surface area contributed by atoms with Crippen LogP contribution in [0.3, 0.4) is 0 Å². The molecule has 0 aliphatic rings. The topological polar surface area (TPSA) is 66.8 Å². The molecule has 0 spiro atoms. The second-order valence-electron chi connectivity index (χ2n) is 5.30. The zero-order valence-electron chi connectivity index (χ0n) is 12.4. The van der Waals surface area contributed by atoms with E-state index >= 15 is 0 Å². The second kappa shape index (κ2) is 6.65. The Balaban J connectivity index is 1.79. The summed E-state index contributed by atoms with van der Waals surface area (Å²) in [7, 11) is -4.19. The van der Waals surface area contributed by atoms with Crippen molar-refractivity contribution in [2.75, 3.05) is 0 Å². The van der Waals surface area contributed by atoms with Gasteiger partial charge in [-0.3, -0.25) is 4.57 Å². The zero-order valence-corrected chi connectivity index (χ0v) is 13.3. The molecule has 3 aromatic carbocycles. The van der Waals surface area contributed by atoms with Crippen LogP contribution in [0.25, 0.3) is 10.8 Å². The van der Waals surface area contributed by atoms with E-state index in [-0.39, 0.29) is 6.61 Å². The van der Waals surface area contributed by atoms with Gasteiger partial charge in [0.2, 0.25) is 0 Å². The Bertz CT molecular complexity index is 848. The molecule has 4 nitrogen and oxygen atoms in total. The standard InChI is InChI=1S/C18H17O4P/c19-18(17-11-10-15-8-4-5-9-16(15)12-17)23(20,21)22-13-14-6-2-1-3-7-14/h1-12,18-19H,13H2,(H,20,21). The fourth-order valence-electron chi connectivity index (χ4n) is 2.37. The highest BCUT2D eigenvalue weighted by molar-refractivity contribution is 7.52. The van der Waals surface area contributed by atoms with Gasteiger partial charge in [-0.25, -0.2) is 0 Å². The molecule has 2 atom stereocenters. The molecule has 0 fully saturated rings. The van der Waals surface area contributed by atoms with Crippen LogP contribution >= 0.6 is 7.60 Å². The molecular weight excluding hydrogens is 311 g/mol. The highest BCUT2D eigenvalue weighted by Gasteiger charge is 2.32. The van der Waals surface area contributed by atoms with Crippen LogP contribution in [0.4, 0.5) is 0 Å². The first-order chi connectivity index (χ1) is 11.1. The lowest BCUT2D eigenvalue weighted by Gasteiger charge is -2.19. The lowest BCUT2D eigenvalue weighted by Crippen LogP contribution is -2.02. The van der Waals surface area contributed by atoms with Gasteiger partial charge >= 0.3 is 7.60 Å². The molecule has 0 aromatic heterocycles. The molecule has 2 N–H and O–H groups in total. The summed E-state index contributed by atoms with van der Waals surface area (Å²) in [5.74, 6) is -1.57. The van der Waals surface area contributed by atoms with Crippen molar-refractivity contribution in [2.24, 2.45) is 0 Å². The summed E-state index contributed by atoms with van der Waals surface area (Å²) in [6, 6.07) is 21.9. The van der Waals surface area contributed by atoms with Crippen LogP contribution in [0.2, 0.25) is 0 Å². The maximum atomic E-state index is 12.3. The Labute approximate surface area is 134 Å². The maximum Gasteiger partial charge on any atom is 0.361 e. The molecule has 3 rings (SSSR count). The van der Waals surface area contributed by atoms with Gasteiger partial charge in [-0.15, -0.1) is 0 Å². The van der Waals surface area contributed by atoms with Crippen molar-refractivity contribution in [1.82, 2.24) is 0 Å². The Kier molecular flexibility index (Phi) is 4.60. The van der Waals surface area contributed by atoms with Crippen molar-refractivity contribution >= 4 is 18.4 Å². The molecule has 0 heterocycles. The second-order valence-corrected chi connectivity index (χ2v) is 7.18. The van der Waals surface area contributed by atoms with Crippen molar-refractivity contribution in [3.05, 3.63) is 83.9 Å². The molecule has 0 amide bonds. The van der Waals surface area contributed by atoms with Gasteiger partial charge in [-0.05, 0) is 28.0 Å². The van der Waals surface area contributed by atoms with E-state index < -0.39 is 13.4 Å². The Hall–Kier alpha value is -1.97. The number of aliphatic hydroxyl groups excluding tert-OH is 1. The van der Waals surface area contributed by atoms with Gasteiger partial charge in [0.25, 0.3) is 0 Å². The van der Waals surface area contributed by atoms with E-state index in [9.17, 15) is 14.6 Å². The lowest BCUT2D eigenvalue weighted by molar-refractivity contribution is 0.168. The minimum absolute atomic E-state index is 0.0285. The van der Waals surface area contributed by atoms with Crippen molar-refractivity contribution < 1.29 is 19.1 Å². The number of hydrogen-bond acceptors (Lipinski definition) is 3. The molecule has 3 aromatic rings. The van der Waals surface area contributed by atoms with Gasteiger partial charge in [-0.2, -0.15) is 0 Å². The number of hydrogen-bond donors (Lipinski definition) is 2. The summed E-state index contributed by atoms with van der Waals surface area (Å²) >= 11 is 0. The molecule has 5 heteroatoms. The lowest BCUT2D eigenvalue weighted by atomic mass is 10.1. The SMILES string of the molecule is O=P(O)(OCc1ccccc1)C(O)c1ccc2ccccc2c1. The van der Waals surface area contributed by atoms with Crippen LogP contribution in [-0.4, -0.2) is 10.00 Å². The minimum Gasteiger partial charge on any atom is -0.376 e. The molecule has 118 valence electrons. The normalized spacial score (nSPS) is 15.2. The van der Waals surface area contributed by atoms with E-state index in [4.69, 9.17) is 4.52 Å². The van der Waals surface area contributed by atoms with Crippen molar-refractivity contribution in [3.63, 3.8) is 0 Å². The quantitative estimate of drug-likeness (QED) is 0.688. The predicted molar refractivity (Wildman–Crippen MR) is 90.0 cm³/mol. The van der Waals surface area contributed by atoms with E-state index in [2.05, 4.69) is 0 Å². The Morgan fingerprint density at radius 1 is 0.913 bits per heavy atom. The van der Waals surface area contributed by atoms with Crippen LogP contribution in [0.1, 0.15) is 17.0 Å². The average molecular weight is 328 g/mol. The largest absolute Gasteiger partial charge is 0.376 e. The first kappa shape index (κ1) is 15.9. The van der Waals surface area contributed by atoms with Crippen molar-refractivity contribution in [1.29, 1.82) is 0 Å². The molecule has 0 aliphatic carbocycles. The van der Waals surface area contributed by atoms with Gasteiger partial charge in [-0.1, -0.05) is 66.7 Å². The molecule has 0 bridgehead atoms. The van der Waals surface area contributed by atoms with E-state index in [1.54, 1.807) is 24.3 Å². The van der Waals surface area contributed by atoms with Crippen LogP contribution in [-0.2, 0) is 15.7 Å².